The Labute approximate surface area is 66.7 Å². The summed E-state index contributed by atoms with van der Waals surface area (Å²) in [5, 5.41) is 2.76. The van der Waals surface area contributed by atoms with Crippen LogP contribution < -0.4 is 11.1 Å². The molecule has 0 aromatic heterocycles. The summed E-state index contributed by atoms with van der Waals surface area (Å²) >= 11 is 0. The number of nitrogens with two attached hydrogens (primary N) is 1. The molecule has 4 heteroatoms. The summed E-state index contributed by atoms with van der Waals surface area (Å²) in [6.07, 6.45) is 0. The van der Waals surface area contributed by atoms with E-state index in [0.29, 0.717) is 6.54 Å². The molecule has 0 spiro atoms. The average molecular weight is 157 g/mol. The molecule has 1 heterocycles. The van der Waals surface area contributed by atoms with Gasteiger partial charge in [-0.3, -0.25) is 9.69 Å². The standard InChI is InChI=1S/C7H15N3O/c1-6(8)4-10-3-2-9-7(11)5-10/h6H,2-5,8H2,1H3,(H,9,11)/t6-/m1/s1. The van der Waals surface area contributed by atoms with Crippen LogP contribution in [-0.2, 0) is 4.79 Å². The second kappa shape index (κ2) is 3.69. The molecule has 0 aromatic rings. The number of rotatable bonds is 2. The Kier molecular flexibility index (Phi) is 2.84. The van der Waals surface area contributed by atoms with E-state index in [1.807, 2.05) is 6.92 Å². The van der Waals surface area contributed by atoms with Crippen LogP contribution in [-0.4, -0.2) is 43.0 Å². The quantitative estimate of drug-likeness (QED) is 0.527. The summed E-state index contributed by atoms with van der Waals surface area (Å²) in [6, 6.07) is 0.154. The molecule has 0 aliphatic carbocycles. The van der Waals surface area contributed by atoms with Crippen LogP contribution in [0.1, 0.15) is 6.92 Å². The molecule has 1 fully saturated rings. The number of piperazine rings is 1. The molecule has 1 amide bonds. The van der Waals surface area contributed by atoms with Crippen LogP contribution in [0.15, 0.2) is 0 Å². The fourth-order valence-corrected chi connectivity index (χ4v) is 1.25. The average Bonchev–Trinajstić information content (AvgIpc) is 1.85. The second-order valence-corrected chi connectivity index (χ2v) is 3.06. The summed E-state index contributed by atoms with van der Waals surface area (Å²) in [4.78, 5) is 12.9. The van der Waals surface area contributed by atoms with Crippen LogP contribution >= 0.6 is 0 Å². The van der Waals surface area contributed by atoms with Crippen molar-refractivity contribution in [1.29, 1.82) is 0 Å². The molecule has 1 saturated heterocycles. The number of hydrogen-bond donors (Lipinski definition) is 2. The third-order valence-electron chi connectivity index (χ3n) is 1.66. The van der Waals surface area contributed by atoms with Gasteiger partial charge in [-0.1, -0.05) is 0 Å². The van der Waals surface area contributed by atoms with Gasteiger partial charge in [-0.05, 0) is 6.92 Å². The molecular formula is C7H15N3O. The Bertz CT molecular complexity index is 147. The largest absolute Gasteiger partial charge is 0.354 e. The summed E-state index contributed by atoms with van der Waals surface area (Å²) in [6.45, 7) is 4.94. The molecule has 0 radical (unpaired) electrons. The van der Waals surface area contributed by atoms with E-state index in [1.54, 1.807) is 0 Å². The van der Waals surface area contributed by atoms with Gasteiger partial charge >= 0.3 is 0 Å². The van der Waals surface area contributed by atoms with Crippen LogP contribution in [0.5, 0.6) is 0 Å². The highest BCUT2D eigenvalue weighted by molar-refractivity contribution is 5.78. The Hall–Kier alpha value is -0.610. The van der Waals surface area contributed by atoms with Gasteiger partial charge in [0.1, 0.15) is 0 Å². The van der Waals surface area contributed by atoms with Crippen LogP contribution in [0.3, 0.4) is 0 Å². The number of amides is 1. The number of carbonyl (C=O) groups is 1. The predicted octanol–water partition coefficient (Wildman–Crippen LogP) is -1.23. The molecule has 0 aromatic carbocycles. The zero-order valence-electron chi connectivity index (χ0n) is 6.84. The van der Waals surface area contributed by atoms with Crippen molar-refractivity contribution in [3.63, 3.8) is 0 Å². The highest BCUT2D eigenvalue weighted by Crippen LogP contribution is 1.93. The molecule has 1 rings (SSSR count). The fourth-order valence-electron chi connectivity index (χ4n) is 1.25. The molecule has 0 unspecified atom stereocenters. The number of nitrogens with one attached hydrogen (secondary N) is 1. The van der Waals surface area contributed by atoms with Crippen LogP contribution in [0, 0.1) is 0 Å². The van der Waals surface area contributed by atoms with Crippen LogP contribution in [0.2, 0.25) is 0 Å². The number of hydrogen-bond acceptors (Lipinski definition) is 3. The van der Waals surface area contributed by atoms with E-state index in [0.717, 1.165) is 19.6 Å². The van der Waals surface area contributed by atoms with Gasteiger partial charge in [0.05, 0.1) is 6.54 Å². The van der Waals surface area contributed by atoms with E-state index in [9.17, 15) is 4.79 Å². The fraction of sp³-hybridized carbons (Fsp3) is 0.857. The van der Waals surface area contributed by atoms with Crippen LogP contribution in [0.25, 0.3) is 0 Å². The van der Waals surface area contributed by atoms with Crippen molar-refractivity contribution in [2.45, 2.75) is 13.0 Å². The maximum absolute atomic E-state index is 10.9. The van der Waals surface area contributed by atoms with Gasteiger partial charge in [0, 0.05) is 25.7 Å². The lowest BCUT2D eigenvalue weighted by atomic mass is 10.3. The first kappa shape index (κ1) is 8.49. The topological polar surface area (TPSA) is 58.4 Å². The smallest absolute Gasteiger partial charge is 0.234 e. The molecule has 1 aliphatic heterocycles. The van der Waals surface area contributed by atoms with Crippen molar-refractivity contribution in [1.82, 2.24) is 10.2 Å². The van der Waals surface area contributed by atoms with E-state index in [2.05, 4.69) is 10.2 Å². The third-order valence-corrected chi connectivity index (χ3v) is 1.66. The van der Waals surface area contributed by atoms with Crippen molar-refractivity contribution >= 4 is 5.91 Å². The molecule has 64 valence electrons. The first-order valence-corrected chi connectivity index (χ1v) is 3.93. The highest BCUT2D eigenvalue weighted by atomic mass is 16.2. The monoisotopic (exact) mass is 157 g/mol. The zero-order valence-corrected chi connectivity index (χ0v) is 6.84. The molecule has 1 atom stereocenters. The minimum atomic E-state index is 0.108. The summed E-state index contributed by atoms with van der Waals surface area (Å²) in [5.74, 6) is 0.108. The SMILES string of the molecule is C[C@@H](N)CN1CCNC(=O)C1. The van der Waals surface area contributed by atoms with Gasteiger partial charge in [-0.15, -0.1) is 0 Å². The lowest BCUT2D eigenvalue weighted by molar-refractivity contribution is -0.124. The predicted molar refractivity (Wildman–Crippen MR) is 43.1 cm³/mol. The van der Waals surface area contributed by atoms with Gasteiger partial charge in [0.2, 0.25) is 5.91 Å². The maximum atomic E-state index is 10.9. The Morgan fingerprint density at radius 2 is 2.55 bits per heavy atom. The van der Waals surface area contributed by atoms with E-state index in [4.69, 9.17) is 5.73 Å². The Morgan fingerprint density at radius 3 is 3.09 bits per heavy atom. The lowest BCUT2D eigenvalue weighted by Gasteiger charge is -2.27. The molecule has 4 nitrogen and oxygen atoms in total. The molecule has 0 bridgehead atoms. The normalized spacial score (nSPS) is 22.9. The minimum Gasteiger partial charge on any atom is -0.354 e. The van der Waals surface area contributed by atoms with Gasteiger partial charge in [-0.2, -0.15) is 0 Å². The molecule has 1 aliphatic rings. The first-order chi connectivity index (χ1) is 5.18. The van der Waals surface area contributed by atoms with E-state index in [-0.39, 0.29) is 11.9 Å². The lowest BCUT2D eigenvalue weighted by Crippen LogP contribution is -2.50. The van der Waals surface area contributed by atoms with E-state index in [1.165, 1.54) is 0 Å². The van der Waals surface area contributed by atoms with Crippen molar-refractivity contribution in [2.24, 2.45) is 5.73 Å². The van der Waals surface area contributed by atoms with E-state index < -0.39 is 0 Å². The van der Waals surface area contributed by atoms with Gasteiger partial charge in [0.25, 0.3) is 0 Å². The number of nitrogens with zero attached hydrogens (tertiary/aromatic N) is 1. The van der Waals surface area contributed by atoms with Crippen molar-refractivity contribution in [2.75, 3.05) is 26.2 Å². The van der Waals surface area contributed by atoms with Crippen molar-refractivity contribution in [3.05, 3.63) is 0 Å². The molecule has 11 heavy (non-hydrogen) atoms. The van der Waals surface area contributed by atoms with Crippen molar-refractivity contribution < 1.29 is 4.79 Å². The zero-order chi connectivity index (χ0) is 8.27. The first-order valence-electron chi connectivity index (χ1n) is 3.93. The molecular weight excluding hydrogens is 142 g/mol. The van der Waals surface area contributed by atoms with Crippen LogP contribution in [0.4, 0.5) is 0 Å². The van der Waals surface area contributed by atoms with Gasteiger partial charge < -0.3 is 11.1 Å². The highest BCUT2D eigenvalue weighted by Gasteiger charge is 2.16. The van der Waals surface area contributed by atoms with E-state index >= 15 is 0 Å². The summed E-state index contributed by atoms with van der Waals surface area (Å²) in [5.41, 5.74) is 5.60. The van der Waals surface area contributed by atoms with Crippen molar-refractivity contribution in [3.8, 4) is 0 Å². The maximum Gasteiger partial charge on any atom is 0.234 e. The second-order valence-electron chi connectivity index (χ2n) is 3.06. The Morgan fingerprint density at radius 1 is 1.82 bits per heavy atom. The number of carbonyl (C=O) groups excluding carboxylic acids is 1. The summed E-state index contributed by atoms with van der Waals surface area (Å²) in [7, 11) is 0. The molecule has 3 N–H and O–H groups in total. The summed E-state index contributed by atoms with van der Waals surface area (Å²) < 4.78 is 0. The minimum absolute atomic E-state index is 0.108. The molecule has 0 saturated carbocycles. The van der Waals surface area contributed by atoms with Gasteiger partial charge in [-0.25, -0.2) is 0 Å². The third kappa shape index (κ3) is 2.86. The van der Waals surface area contributed by atoms with Gasteiger partial charge in [0.15, 0.2) is 0 Å². The Balaban J connectivity index is 2.28.